The van der Waals surface area contributed by atoms with E-state index in [1.54, 1.807) is 32.2 Å². The van der Waals surface area contributed by atoms with Crippen molar-refractivity contribution in [3.63, 3.8) is 0 Å². The van der Waals surface area contributed by atoms with Gasteiger partial charge < -0.3 is 10.1 Å². The van der Waals surface area contributed by atoms with E-state index < -0.39 is 5.54 Å². The van der Waals surface area contributed by atoms with E-state index in [4.69, 9.17) is 4.74 Å². The van der Waals surface area contributed by atoms with Crippen molar-refractivity contribution in [2.24, 2.45) is 5.92 Å². The molecule has 1 aliphatic rings. The highest BCUT2D eigenvalue weighted by Crippen LogP contribution is 2.43. The number of hydrogen-bond donors (Lipinski definition) is 1. The number of nitrogens with one attached hydrogen (secondary N) is 1. The molecular formula is C15H20FNO2S. The van der Waals surface area contributed by atoms with E-state index in [-0.39, 0.29) is 17.7 Å². The minimum atomic E-state index is -0.705. The van der Waals surface area contributed by atoms with Crippen molar-refractivity contribution in [1.29, 1.82) is 0 Å². The van der Waals surface area contributed by atoms with Gasteiger partial charge in [-0.1, -0.05) is 12.1 Å². The molecule has 1 aromatic carbocycles. The Kier molecular flexibility index (Phi) is 5.05. The summed E-state index contributed by atoms with van der Waals surface area (Å²) in [5, 5.41) is 3.13. The molecule has 1 fully saturated rings. The van der Waals surface area contributed by atoms with Crippen LogP contribution in [0.5, 0.6) is 0 Å². The Balaban J connectivity index is 2.12. The molecule has 20 heavy (non-hydrogen) atoms. The van der Waals surface area contributed by atoms with Crippen LogP contribution in [0.15, 0.2) is 29.2 Å². The second-order valence-electron chi connectivity index (χ2n) is 4.94. The van der Waals surface area contributed by atoms with Crippen molar-refractivity contribution >= 4 is 17.7 Å². The van der Waals surface area contributed by atoms with E-state index in [1.807, 2.05) is 0 Å². The van der Waals surface area contributed by atoms with Gasteiger partial charge in [0.2, 0.25) is 0 Å². The Hall–Kier alpha value is -1.07. The van der Waals surface area contributed by atoms with Gasteiger partial charge in [-0.15, -0.1) is 11.8 Å². The molecule has 1 atom stereocenters. The lowest BCUT2D eigenvalue weighted by molar-refractivity contribution is -0.150. The topological polar surface area (TPSA) is 38.3 Å². The first-order valence-electron chi connectivity index (χ1n) is 6.87. The zero-order valence-electron chi connectivity index (χ0n) is 11.8. The van der Waals surface area contributed by atoms with Gasteiger partial charge in [-0.05, 0) is 44.9 Å². The Labute approximate surface area is 123 Å². The first-order chi connectivity index (χ1) is 9.64. The van der Waals surface area contributed by atoms with Gasteiger partial charge in [-0.2, -0.15) is 0 Å². The van der Waals surface area contributed by atoms with Gasteiger partial charge in [-0.25, -0.2) is 4.39 Å². The molecule has 1 N–H and O–H groups in total. The molecule has 0 aromatic heterocycles. The van der Waals surface area contributed by atoms with Crippen LogP contribution in [0.2, 0.25) is 0 Å². The van der Waals surface area contributed by atoms with E-state index in [0.29, 0.717) is 17.3 Å². The third-order valence-electron chi connectivity index (χ3n) is 3.65. The Morgan fingerprint density at radius 2 is 2.20 bits per heavy atom. The summed E-state index contributed by atoms with van der Waals surface area (Å²) in [4.78, 5) is 12.9. The fourth-order valence-corrected chi connectivity index (χ4v) is 3.57. The van der Waals surface area contributed by atoms with Gasteiger partial charge in [0.05, 0.1) is 6.61 Å². The monoisotopic (exact) mass is 297 g/mol. The lowest BCUT2D eigenvalue weighted by atomic mass is 9.96. The maximum Gasteiger partial charge on any atom is 0.327 e. The van der Waals surface area contributed by atoms with Crippen molar-refractivity contribution < 1.29 is 13.9 Å². The predicted molar refractivity (Wildman–Crippen MR) is 78.3 cm³/mol. The van der Waals surface area contributed by atoms with Crippen LogP contribution < -0.4 is 5.32 Å². The number of halogens is 1. The quantitative estimate of drug-likeness (QED) is 0.620. The largest absolute Gasteiger partial charge is 0.465 e. The highest BCUT2D eigenvalue weighted by molar-refractivity contribution is 7.99. The van der Waals surface area contributed by atoms with E-state index >= 15 is 0 Å². The van der Waals surface area contributed by atoms with E-state index in [1.165, 1.54) is 17.8 Å². The van der Waals surface area contributed by atoms with Crippen molar-refractivity contribution in [2.45, 2.75) is 30.2 Å². The van der Waals surface area contributed by atoms with Crippen LogP contribution in [0.3, 0.4) is 0 Å². The second-order valence-corrected chi connectivity index (χ2v) is 5.95. The van der Waals surface area contributed by atoms with Crippen LogP contribution in [-0.4, -0.2) is 30.9 Å². The number of esters is 1. The number of likely N-dealkylation sites (N-methyl/N-ethyl adjacent to an activating group) is 1. The van der Waals surface area contributed by atoms with Gasteiger partial charge in [0.25, 0.3) is 0 Å². The molecule has 2 rings (SSSR count). The number of benzene rings is 1. The minimum Gasteiger partial charge on any atom is -0.465 e. The maximum atomic E-state index is 13.7. The molecule has 1 unspecified atom stereocenters. The number of ether oxygens (including phenoxy) is 1. The molecule has 0 amide bonds. The zero-order chi connectivity index (χ0) is 14.6. The summed E-state index contributed by atoms with van der Waals surface area (Å²) in [5.41, 5.74) is -0.705. The smallest absolute Gasteiger partial charge is 0.327 e. The van der Waals surface area contributed by atoms with Crippen LogP contribution in [0.4, 0.5) is 4.39 Å². The summed E-state index contributed by atoms with van der Waals surface area (Å²) in [5.74, 6) is 0.287. The van der Waals surface area contributed by atoms with Crippen molar-refractivity contribution in [1.82, 2.24) is 5.32 Å². The van der Waals surface area contributed by atoms with E-state index in [2.05, 4.69) is 5.32 Å². The van der Waals surface area contributed by atoms with Crippen LogP contribution in [0.1, 0.15) is 19.8 Å². The lowest BCUT2D eigenvalue weighted by Gasteiger charge is -2.31. The van der Waals surface area contributed by atoms with Crippen molar-refractivity contribution in [2.75, 3.05) is 19.4 Å². The molecule has 110 valence electrons. The number of hydrogen-bond acceptors (Lipinski definition) is 4. The van der Waals surface area contributed by atoms with Crippen LogP contribution in [-0.2, 0) is 9.53 Å². The minimum absolute atomic E-state index is 0.228. The first kappa shape index (κ1) is 15.3. The molecular weight excluding hydrogens is 277 g/mol. The fourth-order valence-electron chi connectivity index (χ4n) is 2.31. The molecule has 5 heteroatoms. The third-order valence-corrected chi connectivity index (χ3v) is 4.89. The number of carbonyl (C=O) groups excluding carboxylic acids is 1. The Morgan fingerprint density at radius 3 is 2.75 bits per heavy atom. The fraction of sp³-hybridized carbons (Fsp3) is 0.533. The normalized spacial score (nSPS) is 17.6. The van der Waals surface area contributed by atoms with E-state index in [0.717, 1.165) is 12.8 Å². The third kappa shape index (κ3) is 3.15. The number of thioether (sulfide) groups is 1. The SMILES string of the molecule is CCOC(=O)C(CSc1ccccc1F)(NC)C1CC1. The van der Waals surface area contributed by atoms with Gasteiger partial charge in [0, 0.05) is 10.6 Å². The molecule has 1 saturated carbocycles. The van der Waals surface area contributed by atoms with Gasteiger partial charge in [0.15, 0.2) is 0 Å². The average Bonchev–Trinajstić information content (AvgIpc) is 3.27. The highest BCUT2D eigenvalue weighted by Gasteiger charge is 2.51. The molecule has 1 aromatic rings. The first-order valence-corrected chi connectivity index (χ1v) is 7.86. The standard InChI is InChI=1S/C15H20FNO2S/c1-3-19-14(18)15(17-2,11-8-9-11)10-20-13-7-5-4-6-12(13)16/h4-7,11,17H,3,8-10H2,1-2H3. The average molecular weight is 297 g/mol. The summed E-state index contributed by atoms with van der Waals surface area (Å²) >= 11 is 1.36. The number of carbonyl (C=O) groups is 1. The molecule has 3 nitrogen and oxygen atoms in total. The molecule has 0 spiro atoms. The zero-order valence-corrected chi connectivity index (χ0v) is 12.6. The highest BCUT2D eigenvalue weighted by atomic mass is 32.2. The second kappa shape index (κ2) is 6.59. The van der Waals surface area contributed by atoms with E-state index in [9.17, 15) is 9.18 Å². The summed E-state index contributed by atoms with van der Waals surface area (Å²) in [6.07, 6.45) is 2.02. The van der Waals surface area contributed by atoms with Crippen molar-refractivity contribution in [3.05, 3.63) is 30.1 Å². The Morgan fingerprint density at radius 1 is 1.50 bits per heavy atom. The molecule has 0 radical (unpaired) electrons. The molecule has 0 saturated heterocycles. The van der Waals surface area contributed by atoms with Gasteiger partial charge in [-0.3, -0.25) is 4.79 Å². The number of rotatable bonds is 7. The van der Waals surface area contributed by atoms with Crippen molar-refractivity contribution in [3.8, 4) is 0 Å². The van der Waals surface area contributed by atoms with Gasteiger partial charge >= 0.3 is 5.97 Å². The molecule has 0 bridgehead atoms. The lowest BCUT2D eigenvalue weighted by Crippen LogP contribution is -2.55. The summed E-state index contributed by atoms with van der Waals surface area (Å²) in [6, 6.07) is 6.63. The molecule has 0 heterocycles. The summed E-state index contributed by atoms with van der Waals surface area (Å²) in [7, 11) is 1.77. The van der Waals surface area contributed by atoms with Crippen LogP contribution in [0.25, 0.3) is 0 Å². The maximum absolute atomic E-state index is 13.7. The summed E-state index contributed by atoms with van der Waals surface area (Å²) in [6.45, 7) is 2.16. The predicted octanol–water partition coefficient (Wildman–Crippen LogP) is 2.85. The van der Waals surface area contributed by atoms with Gasteiger partial charge in [0.1, 0.15) is 11.4 Å². The summed E-state index contributed by atoms with van der Waals surface area (Å²) < 4.78 is 18.9. The molecule has 1 aliphatic carbocycles. The molecule has 0 aliphatic heterocycles. The van der Waals surface area contributed by atoms with Crippen LogP contribution >= 0.6 is 11.8 Å². The van der Waals surface area contributed by atoms with Crippen LogP contribution in [0, 0.1) is 11.7 Å². The Bertz CT molecular complexity index is 479.